The van der Waals surface area contributed by atoms with Crippen LogP contribution in [0.5, 0.6) is 5.75 Å². The summed E-state index contributed by atoms with van der Waals surface area (Å²) in [6.45, 7) is 4.94. The Morgan fingerprint density at radius 1 is 1.40 bits per heavy atom. The van der Waals surface area contributed by atoms with E-state index in [1.165, 1.54) is 17.8 Å². The van der Waals surface area contributed by atoms with Crippen molar-refractivity contribution >= 4 is 17.2 Å². The number of aromatic nitrogens is 5. The highest BCUT2D eigenvalue weighted by Gasteiger charge is 2.28. The van der Waals surface area contributed by atoms with Crippen LogP contribution in [0.25, 0.3) is 16.9 Å². The molecule has 0 aliphatic carbocycles. The first kappa shape index (κ1) is 22.1. The summed E-state index contributed by atoms with van der Waals surface area (Å²) in [6, 6.07) is 8.79. The van der Waals surface area contributed by atoms with Gasteiger partial charge in [0.05, 0.1) is 50.3 Å². The summed E-state index contributed by atoms with van der Waals surface area (Å²) < 4.78 is 21.9. The van der Waals surface area contributed by atoms with Gasteiger partial charge in [-0.1, -0.05) is 6.58 Å². The summed E-state index contributed by atoms with van der Waals surface area (Å²) in [7, 11) is 1.52. The summed E-state index contributed by atoms with van der Waals surface area (Å²) in [4.78, 5) is 19.3. The van der Waals surface area contributed by atoms with Gasteiger partial charge in [-0.05, 0) is 24.3 Å². The van der Waals surface area contributed by atoms with E-state index in [0.717, 1.165) is 0 Å². The van der Waals surface area contributed by atoms with Crippen LogP contribution in [0.1, 0.15) is 15.9 Å². The molecule has 10 nitrogen and oxygen atoms in total. The molecule has 1 aromatic carbocycles. The number of carbonyl (C=O) groups is 1. The third-order valence-corrected chi connectivity index (χ3v) is 5.75. The number of methoxy groups -OCH3 is 1. The van der Waals surface area contributed by atoms with Gasteiger partial charge in [-0.2, -0.15) is 15.5 Å². The molecule has 1 amide bonds. The predicted octanol–water partition coefficient (Wildman–Crippen LogP) is 2.89. The molecule has 4 aromatic rings. The standard InChI is InChI=1S/C24H21FN8O2/c1-15(31-12-17(25)13-31)11-32-14-20(22(30-32)18-8-16(9-26)4-5-21(18)35-2)29-24(34)19-10-28-33-7-3-6-27-23(19)33/h3-8,10,14,17H,1,11-13H2,2H3,(H,29,34). The third-order valence-electron chi connectivity index (χ3n) is 5.75. The fourth-order valence-corrected chi connectivity index (χ4v) is 3.90. The van der Waals surface area contributed by atoms with Gasteiger partial charge in [-0.15, -0.1) is 0 Å². The number of benzene rings is 1. The molecule has 0 saturated carbocycles. The van der Waals surface area contributed by atoms with E-state index in [1.807, 2.05) is 4.90 Å². The first-order valence-electron chi connectivity index (χ1n) is 10.8. The highest BCUT2D eigenvalue weighted by atomic mass is 19.1. The second-order valence-corrected chi connectivity index (χ2v) is 8.08. The van der Waals surface area contributed by atoms with Gasteiger partial charge in [-0.25, -0.2) is 13.9 Å². The molecule has 176 valence electrons. The highest BCUT2D eigenvalue weighted by molar-refractivity contribution is 6.09. The number of fused-ring (bicyclic) bond motifs is 1. The molecule has 35 heavy (non-hydrogen) atoms. The number of alkyl halides is 1. The van der Waals surface area contributed by atoms with E-state index in [2.05, 4.69) is 33.1 Å². The number of nitrogens with one attached hydrogen (secondary N) is 1. The van der Waals surface area contributed by atoms with Gasteiger partial charge in [-0.3, -0.25) is 9.48 Å². The summed E-state index contributed by atoms with van der Waals surface area (Å²) in [5.74, 6) is 0.0704. The van der Waals surface area contributed by atoms with Crippen molar-refractivity contribution < 1.29 is 13.9 Å². The number of likely N-dealkylation sites (tertiary alicyclic amines) is 1. The van der Waals surface area contributed by atoms with E-state index in [0.29, 0.717) is 64.8 Å². The molecular formula is C24H21FN8O2. The molecule has 0 unspecified atom stereocenters. The van der Waals surface area contributed by atoms with Crippen molar-refractivity contribution in [2.75, 3.05) is 25.5 Å². The van der Waals surface area contributed by atoms with Crippen LogP contribution in [-0.2, 0) is 6.54 Å². The first-order chi connectivity index (χ1) is 17.0. The van der Waals surface area contributed by atoms with Crippen LogP contribution in [0.15, 0.2) is 61.3 Å². The SMILES string of the molecule is C=C(Cn1cc(NC(=O)c2cnn3cccnc23)c(-c2cc(C#N)ccc2OC)n1)N1CC(F)C1. The average Bonchev–Trinajstić information content (AvgIpc) is 3.45. The summed E-state index contributed by atoms with van der Waals surface area (Å²) in [6.07, 6.45) is 5.54. The van der Waals surface area contributed by atoms with Crippen LogP contribution >= 0.6 is 0 Å². The van der Waals surface area contributed by atoms with E-state index in [4.69, 9.17) is 4.74 Å². The average molecular weight is 472 g/mol. The number of anilines is 1. The van der Waals surface area contributed by atoms with Crippen LogP contribution in [0.4, 0.5) is 10.1 Å². The molecule has 1 fully saturated rings. The van der Waals surface area contributed by atoms with Gasteiger partial charge < -0.3 is 15.0 Å². The molecule has 1 aliphatic rings. The minimum Gasteiger partial charge on any atom is -0.496 e. The Morgan fingerprint density at radius 2 is 2.23 bits per heavy atom. The van der Waals surface area contributed by atoms with E-state index in [-0.39, 0.29) is 0 Å². The number of allylic oxidation sites excluding steroid dienone is 1. The lowest BCUT2D eigenvalue weighted by atomic mass is 10.1. The third kappa shape index (κ3) is 4.17. The Morgan fingerprint density at radius 3 is 2.97 bits per heavy atom. The predicted molar refractivity (Wildman–Crippen MR) is 125 cm³/mol. The lowest BCUT2D eigenvalue weighted by Crippen LogP contribution is -2.47. The van der Waals surface area contributed by atoms with Gasteiger partial charge >= 0.3 is 0 Å². The van der Waals surface area contributed by atoms with E-state index in [1.54, 1.807) is 47.5 Å². The van der Waals surface area contributed by atoms with Crippen LogP contribution in [-0.4, -0.2) is 61.6 Å². The van der Waals surface area contributed by atoms with Crippen LogP contribution in [0.2, 0.25) is 0 Å². The zero-order chi connectivity index (χ0) is 24.5. The maximum absolute atomic E-state index is 13.3. The van der Waals surface area contributed by atoms with Crippen molar-refractivity contribution in [1.29, 1.82) is 5.26 Å². The van der Waals surface area contributed by atoms with Gasteiger partial charge in [0.1, 0.15) is 23.2 Å². The lowest BCUT2D eigenvalue weighted by Gasteiger charge is -2.37. The van der Waals surface area contributed by atoms with Crippen LogP contribution in [0, 0.1) is 11.3 Å². The Balaban J connectivity index is 1.52. The quantitative estimate of drug-likeness (QED) is 0.440. The van der Waals surface area contributed by atoms with Gasteiger partial charge in [0.25, 0.3) is 5.91 Å². The molecule has 4 heterocycles. The number of hydrogen-bond acceptors (Lipinski definition) is 7. The van der Waals surface area contributed by atoms with Crippen molar-refractivity contribution in [2.45, 2.75) is 12.7 Å². The minimum atomic E-state index is -0.854. The number of amides is 1. The maximum Gasteiger partial charge on any atom is 0.261 e. The summed E-state index contributed by atoms with van der Waals surface area (Å²) >= 11 is 0. The lowest BCUT2D eigenvalue weighted by molar-refractivity contribution is 0.0932. The molecule has 0 bridgehead atoms. The van der Waals surface area contributed by atoms with E-state index < -0.39 is 12.1 Å². The minimum absolute atomic E-state index is 0.293. The Hall–Kier alpha value is -4.72. The molecule has 1 N–H and O–H groups in total. The molecule has 3 aromatic heterocycles. The number of carbonyl (C=O) groups excluding carboxylic acids is 1. The summed E-state index contributed by atoms with van der Waals surface area (Å²) in [5, 5.41) is 21.1. The zero-order valence-electron chi connectivity index (χ0n) is 18.8. The number of ether oxygens (including phenoxy) is 1. The second kappa shape index (κ2) is 8.90. The van der Waals surface area contributed by atoms with E-state index in [9.17, 15) is 14.4 Å². The highest BCUT2D eigenvalue weighted by Crippen LogP contribution is 2.35. The first-order valence-corrected chi connectivity index (χ1v) is 10.8. The molecule has 0 radical (unpaired) electrons. The Kier molecular flexibility index (Phi) is 5.62. The Labute approximate surface area is 199 Å². The molecule has 5 rings (SSSR count). The van der Waals surface area contributed by atoms with Crippen molar-refractivity contribution in [3.8, 4) is 23.1 Å². The number of hydrogen-bond donors (Lipinski definition) is 1. The fraction of sp³-hybridized carbons (Fsp3) is 0.208. The van der Waals surface area contributed by atoms with E-state index >= 15 is 0 Å². The zero-order valence-corrected chi connectivity index (χ0v) is 18.8. The van der Waals surface area contributed by atoms with Crippen molar-refractivity contribution in [2.24, 2.45) is 0 Å². The topological polar surface area (TPSA) is 113 Å². The van der Waals surface area contributed by atoms with Crippen LogP contribution < -0.4 is 10.1 Å². The summed E-state index contributed by atoms with van der Waals surface area (Å²) in [5.41, 5.74) is 3.18. The second-order valence-electron chi connectivity index (χ2n) is 8.08. The largest absolute Gasteiger partial charge is 0.496 e. The molecular weight excluding hydrogens is 451 g/mol. The van der Waals surface area contributed by atoms with Gasteiger partial charge in [0, 0.05) is 29.9 Å². The molecule has 11 heteroatoms. The maximum atomic E-state index is 13.3. The smallest absolute Gasteiger partial charge is 0.261 e. The molecule has 0 spiro atoms. The molecule has 1 saturated heterocycles. The van der Waals surface area contributed by atoms with Gasteiger partial charge in [0.15, 0.2) is 5.65 Å². The van der Waals surface area contributed by atoms with Gasteiger partial charge in [0.2, 0.25) is 0 Å². The number of nitriles is 1. The fourth-order valence-electron chi connectivity index (χ4n) is 3.90. The Bertz CT molecular complexity index is 1480. The van der Waals surface area contributed by atoms with Crippen molar-refractivity contribution in [1.82, 2.24) is 29.3 Å². The normalized spacial score (nSPS) is 13.3. The monoisotopic (exact) mass is 472 g/mol. The molecule has 0 atom stereocenters. The molecule has 1 aliphatic heterocycles. The van der Waals surface area contributed by atoms with Crippen molar-refractivity contribution in [3.63, 3.8) is 0 Å². The number of nitrogens with zero attached hydrogens (tertiary/aromatic N) is 7. The van der Waals surface area contributed by atoms with Crippen molar-refractivity contribution in [3.05, 3.63) is 72.5 Å². The number of halogens is 1. The number of rotatable bonds is 7. The van der Waals surface area contributed by atoms with Crippen LogP contribution in [0.3, 0.4) is 0 Å².